The Balaban J connectivity index is 2.41. The number of aliphatic imine (C=N–C) groups is 1. The molecular formula is C10H10N2O4S. The largest absolute Gasteiger partial charge is 0.468 e. The summed E-state index contributed by atoms with van der Waals surface area (Å²) in [5.74, 6) is -0.639. The van der Waals surface area contributed by atoms with Crippen LogP contribution in [0.3, 0.4) is 0 Å². The average Bonchev–Trinajstić information content (AvgIpc) is 2.33. The highest BCUT2D eigenvalue weighted by atomic mass is 32.2. The lowest BCUT2D eigenvalue weighted by Crippen LogP contribution is -2.36. The Morgan fingerprint density at radius 1 is 1.41 bits per heavy atom. The Labute approximate surface area is 98.6 Å². The fourth-order valence-corrected chi connectivity index (χ4v) is 2.75. The quantitative estimate of drug-likeness (QED) is 0.721. The van der Waals surface area contributed by atoms with Crippen molar-refractivity contribution in [3.8, 4) is 0 Å². The summed E-state index contributed by atoms with van der Waals surface area (Å²) in [6.07, 6.45) is 1.12. The van der Waals surface area contributed by atoms with E-state index in [0.29, 0.717) is 5.69 Å². The standard InChI is InChI=1S/C10H10N2O4S/c1-16-10(13)6-12-7-11-8-4-2-3-5-9(8)17(12,14)15/h2-5,7H,6H2,1H3. The van der Waals surface area contributed by atoms with Crippen LogP contribution >= 0.6 is 0 Å². The molecule has 0 aliphatic carbocycles. The molecule has 1 heterocycles. The minimum absolute atomic E-state index is 0.0893. The van der Waals surface area contributed by atoms with Gasteiger partial charge in [0.15, 0.2) is 0 Å². The normalized spacial score (nSPS) is 16.4. The number of sulfonamides is 1. The van der Waals surface area contributed by atoms with Gasteiger partial charge in [0.2, 0.25) is 0 Å². The van der Waals surface area contributed by atoms with E-state index in [0.717, 1.165) is 10.6 Å². The van der Waals surface area contributed by atoms with Crippen molar-refractivity contribution in [3.05, 3.63) is 24.3 Å². The molecule has 7 heteroatoms. The van der Waals surface area contributed by atoms with Crippen LogP contribution < -0.4 is 0 Å². The second-order valence-corrected chi connectivity index (χ2v) is 5.20. The summed E-state index contributed by atoms with van der Waals surface area (Å²) in [4.78, 5) is 15.2. The van der Waals surface area contributed by atoms with Crippen molar-refractivity contribution >= 4 is 28.0 Å². The molecule has 0 radical (unpaired) electrons. The number of rotatable bonds is 2. The molecule has 1 aliphatic rings. The zero-order valence-corrected chi connectivity index (χ0v) is 9.85. The van der Waals surface area contributed by atoms with Crippen molar-refractivity contribution in [2.45, 2.75) is 4.90 Å². The second kappa shape index (κ2) is 4.17. The zero-order valence-electron chi connectivity index (χ0n) is 9.03. The highest BCUT2D eigenvalue weighted by Crippen LogP contribution is 2.29. The van der Waals surface area contributed by atoms with E-state index in [4.69, 9.17) is 0 Å². The molecule has 17 heavy (non-hydrogen) atoms. The van der Waals surface area contributed by atoms with Crippen molar-refractivity contribution in [3.63, 3.8) is 0 Å². The first-order chi connectivity index (χ1) is 8.05. The van der Waals surface area contributed by atoms with Crippen molar-refractivity contribution in [2.75, 3.05) is 13.7 Å². The first-order valence-corrected chi connectivity index (χ1v) is 6.21. The summed E-state index contributed by atoms with van der Waals surface area (Å²) in [6.45, 7) is -0.378. The summed E-state index contributed by atoms with van der Waals surface area (Å²) in [5.41, 5.74) is 0.369. The molecule has 0 bridgehead atoms. The molecule has 1 aromatic rings. The van der Waals surface area contributed by atoms with E-state index >= 15 is 0 Å². The van der Waals surface area contributed by atoms with Gasteiger partial charge in [0.05, 0.1) is 12.8 Å². The third-order valence-corrected chi connectivity index (χ3v) is 4.03. The Bertz CT molecular complexity index is 580. The number of para-hydroxylation sites is 1. The average molecular weight is 254 g/mol. The lowest BCUT2D eigenvalue weighted by Gasteiger charge is -2.22. The van der Waals surface area contributed by atoms with Gasteiger partial charge in [-0.05, 0) is 12.1 Å². The summed E-state index contributed by atoms with van der Waals surface area (Å²) in [6, 6.07) is 6.35. The van der Waals surface area contributed by atoms with Crippen LogP contribution in [0.25, 0.3) is 0 Å². The van der Waals surface area contributed by atoms with E-state index < -0.39 is 16.0 Å². The highest BCUT2D eigenvalue weighted by Gasteiger charge is 2.29. The fourth-order valence-electron chi connectivity index (χ4n) is 1.41. The molecule has 2 rings (SSSR count). The minimum Gasteiger partial charge on any atom is -0.468 e. The molecule has 90 valence electrons. The lowest BCUT2D eigenvalue weighted by molar-refractivity contribution is -0.140. The van der Waals surface area contributed by atoms with Crippen LogP contribution in [0, 0.1) is 0 Å². The minimum atomic E-state index is -3.70. The van der Waals surface area contributed by atoms with Gasteiger partial charge in [0, 0.05) is 0 Å². The lowest BCUT2D eigenvalue weighted by atomic mass is 10.3. The van der Waals surface area contributed by atoms with Crippen molar-refractivity contribution in [1.82, 2.24) is 4.31 Å². The predicted octanol–water partition coefficient (Wildman–Crippen LogP) is 0.524. The Kier molecular flexibility index (Phi) is 2.84. The Hall–Kier alpha value is -1.89. The zero-order chi connectivity index (χ0) is 12.5. The van der Waals surface area contributed by atoms with Gasteiger partial charge in [-0.2, -0.15) is 0 Å². The summed E-state index contributed by atoms with van der Waals surface area (Å²) < 4.78 is 29.5. The van der Waals surface area contributed by atoms with Crippen LogP contribution in [0.5, 0.6) is 0 Å². The van der Waals surface area contributed by atoms with Gasteiger partial charge in [-0.1, -0.05) is 12.1 Å². The monoisotopic (exact) mass is 254 g/mol. The third-order valence-electron chi connectivity index (χ3n) is 2.29. The molecule has 0 saturated carbocycles. The molecule has 0 atom stereocenters. The van der Waals surface area contributed by atoms with Gasteiger partial charge in [-0.3, -0.25) is 4.79 Å². The van der Waals surface area contributed by atoms with Gasteiger partial charge in [0.1, 0.15) is 17.8 Å². The van der Waals surface area contributed by atoms with Gasteiger partial charge in [-0.25, -0.2) is 17.7 Å². The second-order valence-electron chi connectivity index (χ2n) is 3.34. The Morgan fingerprint density at radius 2 is 2.12 bits per heavy atom. The molecule has 1 aliphatic heterocycles. The van der Waals surface area contributed by atoms with Gasteiger partial charge in [0.25, 0.3) is 10.0 Å². The van der Waals surface area contributed by atoms with Crippen LogP contribution in [0.4, 0.5) is 5.69 Å². The molecule has 6 nitrogen and oxygen atoms in total. The smallest absolute Gasteiger partial charge is 0.326 e. The number of ether oxygens (including phenoxy) is 1. The number of esters is 1. The molecule has 0 unspecified atom stereocenters. The van der Waals surface area contributed by atoms with Crippen LogP contribution in [0.2, 0.25) is 0 Å². The van der Waals surface area contributed by atoms with E-state index in [9.17, 15) is 13.2 Å². The van der Waals surface area contributed by atoms with Crippen LogP contribution in [-0.4, -0.2) is 38.7 Å². The summed E-state index contributed by atoms with van der Waals surface area (Å²) >= 11 is 0. The number of fused-ring (bicyclic) bond motifs is 1. The van der Waals surface area contributed by atoms with E-state index in [1.54, 1.807) is 18.2 Å². The molecular weight excluding hydrogens is 244 g/mol. The number of hydrogen-bond acceptors (Lipinski definition) is 5. The van der Waals surface area contributed by atoms with E-state index in [1.165, 1.54) is 13.2 Å². The van der Waals surface area contributed by atoms with Crippen molar-refractivity contribution < 1.29 is 17.9 Å². The Morgan fingerprint density at radius 3 is 2.82 bits per heavy atom. The van der Waals surface area contributed by atoms with Gasteiger partial charge in [-0.15, -0.1) is 0 Å². The van der Waals surface area contributed by atoms with E-state index in [2.05, 4.69) is 9.73 Å². The van der Waals surface area contributed by atoms with E-state index in [-0.39, 0.29) is 11.4 Å². The maximum Gasteiger partial charge on any atom is 0.326 e. The molecule has 1 aromatic carbocycles. The van der Waals surface area contributed by atoms with Crippen LogP contribution in [0.1, 0.15) is 0 Å². The third kappa shape index (κ3) is 2.01. The molecule has 0 fully saturated rings. The summed E-state index contributed by atoms with van der Waals surface area (Å²) in [7, 11) is -2.51. The first-order valence-electron chi connectivity index (χ1n) is 4.77. The summed E-state index contributed by atoms with van der Waals surface area (Å²) in [5, 5.41) is 0. The maximum atomic E-state index is 12.1. The predicted molar refractivity (Wildman–Crippen MR) is 60.5 cm³/mol. The number of carbonyl (C=O) groups is 1. The van der Waals surface area contributed by atoms with Gasteiger partial charge >= 0.3 is 5.97 Å². The number of nitrogens with zero attached hydrogens (tertiary/aromatic N) is 2. The number of methoxy groups -OCH3 is 1. The fraction of sp³-hybridized carbons (Fsp3) is 0.200. The van der Waals surface area contributed by atoms with Crippen LogP contribution in [0.15, 0.2) is 34.2 Å². The highest BCUT2D eigenvalue weighted by molar-refractivity contribution is 7.89. The molecule has 0 aromatic heterocycles. The SMILES string of the molecule is COC(=O)CN1C=Nc2ccccc2S1(=O)=O. The first kappa shape index (κ1) is 11.6. The molecule has 0 saturated heterocycles. The topological polar surface area (TPSA) is 76.0 Å². The number of benzene rings is 1. The molecule has 0 N–H and O–H groups in total. The van der Waals surface area contributed by atoms with E-state index in [1.807, 2.05) is 0 Å². The van der Waals surface area contributed by atoms with Crippen molar-refractivity contribution in [1.29, 1.82) is 0 Å². The number of carbonyl (C=O) groups excluding carboxylic acids is 1. The molecule has 0 spiro atoms. The van der Waals surface area contributed by atoms with Crippen LogP contribution in [-0.2, 0) is 19.6 Å². The maximum absolute atomic E-state index is 12.1. The number of hydrogen-bond donors (Lipinski definition) is 0. The molecule has 0 amide bonds. The van der Waals surface area contributed by atoms with Crippen molar-refractivity contribution in [2.24, 2.45) is 4.99 Å². The van der Waals surface area contributed by atoms with Gasteiger partial charge < -0.3 is 4.74 Å².